The SMILES string of the molecule is COc1cccc(-c2cnc(N(C)C)nc2[C@@H]2CCCN2C(=O)c2cn(C)nc2C)c1. The summed E-state index contributed by atoms with van der Waals surface area (Å²) in [5.74, 6) is 1.39. The zero-order chi connectivity index (χ0) is 22.1. The molecule has 3 aromatic rings. The lowest BCUT2D eigenvalue weighted by molar-refractivity contribution is 0.0732. The monoisotopic (exact) mass is 420 g/mol. The van der Waals surface area contributed by atoms with Gasteiger partial charge in [0.15, 0.2) is 0 Å². The Kier molecular flexibility index (Phi) is 5.63. The van der Waals surface area contributed by atoms with Crippen LogP contribution in [0, 0.1) is 6.92 Å². The average Bonchev–Trinajstić information content (AvgIpc) is 3.39. The van der Waals surface area contributed by atoms with E-state index in [-0.39, 0.29) is 11.9 Å². The summed E-state index contributed by atoms with van der Waals surface area (Å²) >= 11 is 0. The van der Waals surface area contributed by atoms with Crippen molar-refractivity contribution in [3.05, 3.63) is 53.6 Å². The average molecular weight is 421 g/mol. The third kappa shape index (κ3) is 3.97. The summed E-state index contributed by atoms with van der Waals surface area (Å²) in [7, 11) is 7.32. The Balaban J connectivity index is 1.80. The number of benzene rings is 1. The van der Waals surface area contributed by atoms with E-state index in [1.807, 2.05) is 68.3 Å². The Morgan fingerprint density at radius 1 is 1.29 bits per heavy atom. The number of aromatic nitrogens is 4. The quantitative estimate of drug-likeness (QED) is 0.631. The summed E-state index contributed by atoms with van der Waals surface area (Å²) in [6, 6.07) is 7.73. The minimum absolute atomic E-state index is 0.00490. The van der Waals surface area contributed by atoms with Crippen LogP contribution >= 0.6 is 0 Å². The Bertz CT molecular complexity index is 1110. The maximum absolute atomic E-state index is 13.4. The Hall–Kier alpha value is -3.42. The van der Waals surface area contributed by atoms with Gasteiger partial charge in [-0.2, -0.15) is 5.10 Å². The van der Waals surface area contributed by atoms with E-state index in [0.717, 1.165) is 41.1 Å². The fourth-order valence-corrected chi connectivity index (χ4v) is 4.13. The Morgan fingerprint density at radius 2 is 2.10 bits per heavy atom. The number of nitrogens with zero attached hydrogens (tertiary/aromatic N) is 6. The Morgan fingerprint density at radius 3 is 2.77 bits per heavy atom. The molecule has 4 rings (SSSR count). The topological polar surface area (TPSA) is 76.4 Å². The lowest BCUT2D eigenvalue weighted by Gasteiger charge is -2.26. The predicted molar refractivity (Wildman–Crippen MR) is 119 cm³/mol. The summed E-state index contributed by atoms with van der Waals surface area (Å²) in [5, 5.41) is 4.35. The highest BCUT2D eigenvalue weighted by molar-refractivity contribution is 5.95. The van der Waals surface area contributed by atoms with Gasteiger partial charge in [0.25, 0.3) is 5.91 Å². The second-order valence-electron chi connectivity index (χ2n) is 8.05. The normalized spacial score (nSPS) is 15.9. The van der Waals surface area contributed by atoms with Gasteiger partial charge < -0.3 is 14.5 Å². The number of rotatable bonds is 5. The maximum Gasteiger partial charge on any atom is 0.257 e. The van der Waals surface area contributed by atoms with E-state index in [0.29, 0.717) is 18.1 Å². The van der Waals surface area contributed by atoms with Gasteiger partial charge in [-0.15, -0.1) is 0 Å². The van der Waals surface area contributed by atoms with Gasteiger partial charge in [0.2, 0.25) is 5.95 Å². The highest BCUT2D eigenvalue weighted by Gasteiger charge is 2.35. The number of hydrogen-bond donors (Lipinski definition) is 0. The van der Waals surface area contributed by atoms with Crippen molar-refractivity contribution in [2.45, 2.75) is 25.8 Å². The fraction of sp³-hybridized carbons (Fsp3) is 0.391. The molecule has 0 bridgehead atoms. The zero-order valence-corrected chi connectivity index (χ0v) is 18.7. The van der Waals surface area contributed by atoms with Gasteiger partial charge in [-0.1, -0.05) is 12.1 Å². The number of aryl methyl sites for hydroxylation is 2. The summed E-state index contributed by atoms with van der Waals surface area (Å²) in [6.07, 6.45) is 5.42. The van der Waals surface area contributed by atoms with Crippen LogP contribution in [0.25, 0.3) is 11.1 Å². The molecule has 8 nitrogen and oxygen atoms in total. The van der Waals surface area contributed by atoms with Crippen LogP contribution in [0.5, 0.6) is 5.75 Å². The molecule has 1 fully saturated rings. The summed E-state index contributed by atoms with van der Waals surface area (Å²) in [6.45, 7) is 2.56. The second kappa shape index (κ2) is 8.37. The zero-order valence-electron chi connectivity index (χ0n) is 18.7. The van der Waals surface area contributed by atoms with Crippen molar-refractivity contribution in [1.29, 1.82) is 0 Å². The summed E-state index contributed by atoms with van der Waals surface area (Å²) in [5.41, 5.74) is 4.12. The molecule has 1 amide bonds. The number of methoxy groups -OCH3 is 1. The van der Waals surface area contributed by atoms with Crippen molar-refractivity contribution in [3.63, 3.8) is 0 Å². The molecule has 162 valence electrons. The van der Waals surface area contributed by atoms with Gasteiger partial charge in [0, 0.05) is 45.6 Å². The molecule has 0 saturated carbocycles. The van der Waals surface area contributed by atoms with Gasteiger partial charge in [0.1, 0.15) is 5.75 Å². The highest BCUT2D eigenvalue weighted by atomic mass is 16.5. The number of anilines is 1. The third-order valence-electron chi connectivity index (χ3n) is 5.66. The molecule has 0 aliphatic carbocycles. The second-order valence-corrected chi connectivity index (χ2v) is 8.05. The van der Waals surface area contributed by atoms with Crippen molar-refractivity contribution >= 4 is 11.9 Å². The molecule has 1 aliphatic rings. The first-order valence-electron chi connectivity index (χ1n) is 10.4. The van der Waals surface area contributed by atoms with Gasteiger partial charge >= 0.3 is 0 Å². The predicted octanol–water partition coefficient (Wildman–Crippen LogP) is 3.24. The first kappa shape index (κ1) is 20.8. The number of hydrogen-bond acceptors (Lipinski definition) is 6. The lowest BCUT2D eigenvalue weighted by Crippen LogP contribution is -2.32. The molecule has 1 aliphatic heterocycles. The first-order chi connectivity index (χ1) is 14.9. The van der Waals surface area contributed by atoms with Crippen LogP contribution in [0.1, 0.15) is 40.6 Å². The molecule has 8 heteroatoms. The van der Waals surface area contributed by atoms with Crippen LogP contribution in [0.4, 0.5) is 5.95 Å². The third-order valence-corrected chi connectivity index (χ3v) is 5.66. The maximum atomic E-state index is 13.4. The van der Waals surface area contributed by atoms with E-state index in [9.17, 15) is 4.79 Å². The molecular formula is C23H28N6O2. The van der Waals surface area contributed by atoms with E-state index >= 15 is 0 Å². The fourth-order valence-electron chi connectivity index (χ4n) is 4.13. The van der Waals surface area contributed by atoms with Crippen LogP contribution in [0.3, 0.4) is 0 Å². The van der Waals surface area contributed by atoms with Crippen LogP contribution in [-0.4, -0.2) is 58.3 Å². The van der Waals surface area contributed by atoms with Crippen molar-refractivity contribution < 1.29 is 9.53 Å². The summed E-state index contributed by atoms with van der Waals surface area (Å²) < 4.78 is 7.10. The number of carbonyl (C=O) groups excluding carboxylic acids is 1. The number of amides is 1. The van der Waals surface area contributed by atoms with Crippen molar-refractivity contribution in [2.24, 2.45) is 7.05 Å². The van der Waals surface area contributed by atoms with E-state index in [1.165, 1.54) is 0 Å². The largest absolute Gasteiger partial charge is 0.497 e. The van der Waals surface area contributed by atoms with Gasteiger partial charge in [-0.05, 0) is 37.5 Å². The van der Waals surface area contributed by atoms with Crippen LogP contribution in [-0.2, 0) is 7.05 Å². The minimum atomic E-state index is -0.130. The van der Waals surface area contributed by atoms with Crippen LogP contribution in [0.2, 0.25) is 0 Å². The molecule has 0 radical (unpaired) electrons. The van der Waals surface area contributed by atoms with E-state index in [4.69, 9.17) is 9.72 Å². The van der Waals surface area contributed by atoms with E-state index in [2.05, 4.69) is 10.1 Å². The van der Waals surface area contributed by atoms with Gasteiger partial charge in [-0.3, -0.25) is 9.48 Å². The smallest absolute Gasteiger partial charge is 0.257 e. The molecule has 0 unspecified atom stereocenters. The molecule has 3 heterocycles. The van der Waals surface area contributed by atoms with Crippen LogP contribution in [0.15, 0.2) is 36.7 Å². The molecule has 0 N–H and O–H groups in total. The molecule has 31 heavy (non-hydrogen) atoms. The van der Waals surface area contributed by atoms with Crippen molar-refractivity contribution in [2.75, 3.05) is 32.6 Å². The van der Waals surface area contributed by atoms with E-state index in [1.54, 1.807) is 18.0 Å². The van der Waals surface area contributed by atoms with Crippen molar-refractivity contribution in [1.82, 2.24) is 24.6 Å². The highest BCUT2D eigenvalue weighted by Crippen LogP contribution is 2.38. The lowest BCUT2D eigenvalue weighted by atomic mass is 9.99. The van der Waals surface area contributed by atoms with E-state index < -0.39 is 0 Å². The Labute approximate surface area is 182 Å². The standard InChI is InChI=1S/C23H28N6O2/c1-15-19(14-28(4)26-15)22(30)29-11-7-10-20(29)21-18(13-24-23(25-21)27(2)3)16-8-6-9-17(12-16)31-5/h6,8-9,12-14,20H,7,10-11H2,1-5H3/t20-/m0/s1. The summed E-state index contributed by atoms with van der Waals surface area (Å²) in [4.78, 5) is 26.7. The van der Waals surface area contributed by atoms with Gasteiger partial charge in [-0.25, -0.2) is 9.97 Å². The molecule has 1 atom stereocenters. The first-order valence-corrected chi connectivity index (χ1v) is 10.4. The van der Waals surface area contributed by atoms with Crippen LogP contribution < -0.4 is 9.64 Å². The molecule has 2 aromatic heterocycles. The minimum Gasteiger partial charge on any atom is -0.497 e. The molecule has 0 spiro atoms. The molecular weight excluding hydrogens is 392 g/mol. The van der Waals surface area contributed by atoms with Crippen molar-refractivity contribution in [3.8, 4) is 16.9 Å². The number of ether oxygens (including phenoxy) is 1. The number of carbonyl (C=O) groups is 1. The molecule has 1 saturated heterocycles. The van der Waals surface area contributed by atoms with Gasteiger partial charge in [0.05, 0.1) is 30.1 Å². The number of likely N-dealkylation sites (tertiary alicyclic amines) is 1. The molecule has 1 aromatic carbocycles.